The third-order valence-electron chi connectivity index (χ3n) is 4.49. The van der Waals surface area contributed by atoms with Crippen molar-refractivity contribution in [2.45, 2.75) is 6.54 Å². The van der Waals surface area contributed by atoms with Gasteiger partial charge in [0.25, 0.3) is 5.91 Å². The molecule has 3 aromatic rings. The van der Waals surface area contributed by atoms with Crippen LogP contribution in [-0.2, 0) is 20.9 Å². The monoisotopic (exact) mass is 460 g/mol. The molecule has 3 N–H and O–H groups in total. The standard InChI is InChI=1S/C25H24N4O5/c1-33-21-12-10-20(11-13-21)28-24(31)25(32)29-27-16-19-8-5-9-22(14-19)34-17-23(30)26-15-18-6-3-2-4-7-18/h2-14,16H,15,17H2,1H3,(H,26,30)(H,28,31)(H,29,32)/b27-16-. The molecule has 0 spiro atoms. The Kier molecular flexibility index (Phi) is 8.75. The molecule has 3 rings (SSSR count). The lowest BCUT2D eigenvalue weighted by Gasteiger charge is -2.08. The number of anilines is 1. The lowest BCUT2D eigenvalue weighted by atomic mass is 10.2. The van der Waals surface area contributed by atoms with Gasteiger partial charge in [-0.05, 0) is 47.5 Å². The summed E-state index contributed by atoms with van der Waals surface area (Å²) in [7, 11) is 1.53. The highest BCUT2D eigenvalue weighted by molar-refractivity contribution is 6.39. The average Bonchev–Trinajstić information content (AvgIpc) is 2.87. The summed E-state index contributed by atoms with van der Waals surface area (Å²) < 4.78 is 10.6. The number of nitrogens with zero attached hydrogens (tertiary/aromatic N) is 1. The number of amides is 3. The van der Waals surface area contributed by atoms with E-state index in [0.29, 0.717) is 29.3 Å². The second-order valence-corrected chi connectivity index (χ2v) is 7.01. The van der Waals surface area contributed by atoms with E-state index in [4.69, 9.17) is 9.47 Å². The van der Waals surface area contributed by atoms with Crippen LogP contribution in [0.1, 0.15) is 11.1 Å². The zero-order chi connectivity index (χ0) is 24.2. The Labute approximate surface area is 196 Å². The number of carbonyl (C=O) groups excluding carboxylic acids is 3. The Hall–Kier alpha value is -4.66. The smallest absolute Gasteiger partial charge is 0.329 e. The number of ether oxygens (including phenoxy) is 2. The second-order valence-electron chi connectivity index (χ2n) is 7.01. The van der Waals surface area contributed by atoms with E-state index in [1.165, 1.54) is 13.3 Å². The minimum Gasteiger partial charge on any atom is -0.497 e. The second kappa shape index (κ2) is 12.4. The molecule has 3 amide bonds. The van der Waals surface area contributed by atoms with Gasteiger partial charge in [0.2, 0.25) is 0 Å². The maximum absolute atomic E-state index is 12.0. The van der Waals surface area contributed by atoms with Crippen LogP contribution >= 0.6 is 0 Å². The topological polar surface area (TPSA) is 118 Å². The molecule has 174 valence electrons. The van der Waals surface area contributed by atoms with E-state index < -0.39 is 11.8 Å². The number of carbonyl (C=O) groups is 3. The third kappa shape index (κ3) is 7.79. The van der Waals surface area contributed by atoms with Gasteiger partial charge in [-0.25, -0.2) is 5.43 Å². The molecule has 0 saturated carbocycles. The molecule has 0 aromatic heterocycles. The molecule has 9 heteroatoms. The van der Waals surface area contributed by atoms with Crippen molar-refractivity contribution >= 4 is 29.6 Å². The van der Waals surface area contributed by atoms with Crippen molar-refractivity contribution in [3.05, 3.63) is 90.0 Å². The highest BCUT2D eigenvalue weighted by Gasteiger charge is 2.12. The summed E-state index contributed by atoms with van der Waals surface area (Å²) in [6, 6.07) is 22.9. The fourth-order valence-corrected chi connectivity index (χ4v) is 2.76. The number of benzene rings is 3. The average molecular weight is 460 g/mol. The molecule has 0 atom stereocenters. The maximum Gasteiger partial charge on any atom is 0.329 e. The van der Waals surface area contributed by atoms with Gasteiger partial charge < -0.3 is 20.1 Å². The summed E-state index contributed by atoms with van der Waals surface area (Å²) >= 11 is 0. The number of hydrazone groups is 1. The van der Waals surface area contributed by atoms with Gasteiger partial charge in [-0.3, -0.25) is 14.4 Å². The lowest BCUT2D eigenvalue weighted by Crippen LogP contribution is -2.32. The maximum atomic E-state index is 12.0. The zero-order valence-electron chi connectivity index (χ0n) is 18.5. The SMILES string of the molecule is COc1ccc(NC(=O)C(=O)N/N=C\c2cccc(OCC(=O)NCc3ccccc3)c2)cc1. The highest BCUT2D eigenvalue weighted by atomic mass is 16.5. The largest absolute Gasteiger partial charge is 0.497 e. The van der Waals surface area contributed by atoms with Gasteiger partial charge in [-0.15, -0.1) is 0 Å². The van der Waals surface area contributed by atoms with Gasteiger partial charge >= 0.3 is 11.8 Å². The van der Waals surface area contributed by atoms with Gasteiger partial charge in [0.15, 0.2) is 6.61 Å². The van der Waals surface area contributed by atoms with Gasteiger partial charge in [0.05, 0.1) is 13.3 Å². The van der Waals surface area contributed by atoms with Crippen molar-refractivity contribution in [2.75, 3.05) is 19.0 Å². The molecule has 3 aromatic carbocycles. The molecule has 0 radical (unpaired) electrons. The molecular formula is C25H24N4O5. The fraction of sp³-hybridized carbons (Fsp3) is 0.120. The Balaban J connectivity index is 1.43. The van der Waals surface area contributed by atoms with Gasteiger partial charge in [-0.1, -0.05) is 42.5 Å². The molecule has 9 nitrogen and oxygen atoms in total. The van der Waals surface area contributed by atoms with E-state index >= 15 is 0 Å². The van der Waals surface area contributed by atoms with E-state index in [2.05, 4.69) is 21.2 Å². The summed E-state index contributed by atoms with van der Waals surface area (Å²) in [5, 5.41) is 9.03. The van der Waals surface area contributed by atoms with Crippen molar-refractivity contribution in [1.82, 2.24) is 10.7 Å². The summed E-state index contributed by atoms with van der Waals surface area (Å²) in [5.74, 6) is -0.943. The predicted molar refractivity (Wildman–Crippen MR) is 128 cm³/mol. The van der Waals surface area contributed by atoms with E-state index in [0.717, 1.165) is 5.56 Å². The van der Waals surface area contributed by atoms with Crippen molar-refractivity contribution in [2.24, 2.45) is 5.10 Å². The number of nitrogens with one attached hydrogen (secondary N) is 3. The van der Waals surface area contributed by atoms with Gasteiger partial charge in [0, 0.05) is 12.2 Å². The molecule has 0 aliphatic rings. The summed E-state index contributed by atoms with van der Waals surface area (Å²) in [5.41, 5.74) is 4.21. The van der Waals surface area contributed by atoms with Crippen molar-refractivity contribution in [1.29, 1.82) is 0 Å². The molecule has 34 heavy (non-hydrogen) atoms. The summed E-state index contributed by atoms with van der Waals surface area (Å²) in [4.78, 5) is 35.9. The lowest BCUT2D eigenvalue weighted by molar-refractivity contribution is -0.136. The minimum atomic E-state index is -0.922. The number of rotatable bonds is 9. The Morgan fingerprint density at radius 3 is 2.38 bits per heavy atom. The van der Waals surface area contributed by atoms with E-state index in [-0.39, 0.29) is 12.5 Å². The van der Waals surface area contributed by atoms with E-state index in [1.54, 1.807) is 48.5 Å². The molecule has 0 aliphatic carbocycles. The zero-order valence-corrected chi connectivity index (χ0v) is 18.5. The van der Waals surface area contributed by atoms with Crippen molar-refractivity contribution in [3.8, 4) is 11.5 Å². The molecule has 0 unspecified atom stereocenters. The molecule has 0 heterocycles. The molecule has 0 saturated heterocycles. The predicted octanol–water partition coefficient (Wildman–Crippen LogP) is 2.48. The number of hydrogen-bond donors (Lipinski definition) is 3. The summed E-state index contributed by atoms with van der Waals surface area (Å²) in [6.45, 7) is 0.275. The Morgan fingerprint density at radius 2 is 1.65 bits per heavy atom. The number of methoxy groups -OCH3 is 1. The fourth-order valence-electron chi connectivity index (χ4n) is 2.76. The molecule has 0 fully saturated rings. The van der Waals surface area contributed by atoms with Crippen molar-refractivity contribution in [3.63, 3.8) is 0 Å². The van der Waals surface area contributed by atoms with Crippen LogP contribution in [0.15, 0.2) is 84.0 Å². The third-order valence-corrected chi connectivity index (χ3v) is 4.49. The van der Waals surface area contributed by atoms with Crippen LogP contribution in [0.4, 0.5) is 5.69 Å². The van der Waals surface area contributed by atoms with Gasteiger partial charge in [0.1, 0.15) is 11.5 Å². The molecule has 0 bridgehead atoms. The van der Waals surface area contributed by atoms with E-state index in [1.807, 2.05) is 30.3 Å². The van der Waals surface area contributed by atoms with Crippen LogP contribution in [0.2, 0.25) is 0 Å². The first kappa shape index (κ1) is 24.0. The van der Waals surface area contributed by atoms with Crippen LogP contribution in [0, 0.1) is 0 Å². The van der Waals surface area contributed by atoms with Crippen LogP contribution in [-0.4, -0.2) is 37.7 Å². The first-order valence-corrected chi connectivity index (χ1v) is 10.4. The van der Waals surface area contributed by atoms with Crippen molar-refractivity contribution < 1.29 is 23.9 Å². The first-order valence-electron chi connectivity index (χ1n) is 10.4. The van der Waals surface area contributed by atoms with Gasteiger partial charge in [-0.2, -0.15) is 5.10 Å². The molecular weight excluding hydrogens is 436 g/mol. The van der Waals surface area contributed by atoms with E-state index in [9.17, 15) is 14.4 Å². The van der Waals surface area contributed by atoms with Crippen LogP contribution in [0.3, 0.4) is 0 Å². The van der Waals surface area contributed by atoms with Crippen LogP contribution in [0.5, 0.6) is 11.5 Å². The first-order chi connectivity index (χ1) is 16.5. The molecule has 0 aliphatic heterocycles. The quantitative estimate of drug-likeness (QED) is 0.258. The highest BCUT2D eigenvalue weighted by Crippen LogP contribution is 2.15. The Morgan fingerprint density at radius 1 is 0.882 bits per heavy atom. The Bertz CT molecular complexity index is 1150. The minimum absolute atomic E-state index is 0.143. The summed E-state index contributed by atoms with van der Waals surface area (Å²) in [6.07, 6.45) is 1.36. The van der Waals surface area contributed by atoms with Crippen LogP contribution in [0.25, 0.3) is 0 Å². The number of hydrogen-bond acceptors (Lipinski definition) is 6. The van der Waals surface area contributed by atoms with Crippen LogP contribution < -0.4 is 25.5 Å². The normalized spacial score (nSPS) is 10.4.